The smallest absolute Gasteiger partial charge is 0.164 e. The Morgan fingerprint density at radius 1 is 0.148 bits per heavy atom. The second-order valence-electron chi connectivity index (χ2n) is 26.9. The van der Waals surface area contributed by atoms with Gasteiger partial charge in [-0.25, -0.2) is 39.9 Å². The molecule has 0 saturated heterocycles. The Balaban J connectivity index is 0.000000147. The van der Waals surface area contributed by atoms with Crippen LogP contribution in [0.15, 0.2) is 388 Å². The zero-order valence-corrected chi connectivity index (χ0v) is 58.5. The lowest BCUT2D eigenvalue weighted by Gasteiger charge is -2.13. The molecule has 0 fully saturated rings. The maximum absolute atomic E-state index is 5.24. The van der Waals surface area contributed by atoms with Gasteiger partial charge in [-0.1, -0.05) is 364 Å². The van der Waals surface area contributed by atoms with Gasteiger partial charge in [-0.15, -0.1) is 0 Å². The maximum Gasteiger partial charge on any atom is 0.164 e. The minimum Gasteiger partial charge on any atom is -0.247 e. The first-order valence-electron chi connectivity index (χ1n) is 36.3. The van der Waals surface area contributed by atoms with Gasteiger partial charge in [0.2, 0.25) is 0 Å². The lowest BCUT2D eigenvalue weighted by Crippen LogP contribution is -2.00. The van der Waals surface area contributed by atoms with E-state index in [1.165, 1.54) is 54.2 Å². The molecule has 0 aliphatic rings. The summed E-state index contributed by atoms with van der Waals surface area (Å²) in [6.07, 6.45) is 0. The van der Waals surface area contributed by atoms with E-state index in [1.54, 1.807) is 0 Å². The Kier molecular flexibility index (Phi) is 16.8. The molecule has 0 bridgehead atoms. The molecule has 108 heavy (non-hydrogen) atoms. The molecule has 20 rings (SSSR count). The van der Waals surface area contributed by atoms with Crippen molar-refractivity contribution >= 4 is 64.9 Å². The van der Waals surface area contributed by atoms with Crippen LogP contribution in [-0.4, -0.2) is 39.9 Å². The van der Waals surface area contributed by atoms with Gasteiger partial charge in [0, 0.05) is 66.1 Å². The largest absolute Gasteiger partial charge is 0.247 e. The summed E-state index contributed by atoms with van der Waals surface area (Å²) in [7, 11) is 0. The molecule has 4 heterocycles. The van der Waals surface area contributed by atoms with Gasteiger partial charge in [0.25, 0.3) is 0 Å². The average Bonchev–Trinajstić information content (AvgIpc) is 0.747. The lowest BCUT2D eigenvalue weighted by molar-refractivity contribution is 1.07. The van der Waals surface area contributed by atoms with Crippen LogP contribution in [0.5, 0.6) is 0 Å². The SMILES string of the molecule is c1ccc(-c2ccc(-c3nc(-c4ccccc4)nc(-c4cccc(-c5ccc(-c6ccc7ccc8c9ccccc9ccc8c7n6)cc5)c4)n3)cc2)cc1.c1ccc(-c2ccc(-c3nc(-c4ccccc4)nc(-c4cccc(-c5ccc(-c6nc7ccccc7c7ccc8ccccc8c67)cc5)c4)n3)cc2)cc1. The summed E-state index contributed by atoms with van der Waals surface area (Å²) in [4.78, 5) is 40.4. The van der Waals surface area contributed by atoms with Crippen molar-refractivity contribution < 1.29 is 0 Å². The molecular formula is C100H64N8. The van der Waals surface area contributed by atoms with Gasteiger partial charge in [0.15, 0.2) is 34.9 Å². The number of hydrogen-bond donors (Lipinski definition) is 0. The molecule has 504 valence electrons. The zero-order chi connectivity index (χ0) is 71.7. The van der Waals surface area contributed by atoms with Crippen LogP contribution in [0.1, 0.15) is 0 Å². The van der Waals surface area contributed by atoms with Crippen LogP contribution in [0, 0.1) is 0 Å². The molecular weight excluding hydrogens is 1310 g/mol. The quantitative estimate of drug-likeness (QED) is 0.111. The van der Waals surface area contributed by atoms with Crippen molar-refractivity contribution in [3.8, 4) is 135 Å². The van der Waals surface area contributed by atoms with Crippen LogP contribution in [0.3, 0.4) is 0 Å². The van der Waals surface area contributed by atoms with Gasteiger partial charge < -0.3 is 0 Å². The number of pyridine rings is 2. The average molecular weight is 1380 g/mol. The molecule has 0 N–H and O–H groups in total. The third kappa shape index (κ3) is 12.7. The second kappa shape index (κ2) is 28.2. The van der Waals surface area contributed by atoms with Gasteiger partial charge >= 0.3 is 0 Å². The van der Waals surface area contributed by atoms with E-state index in [2.05, 4.69) is 315 Å². The van der Waals surface area contributed by atoms with E-state index >= 15 is 0 Å². The standard InChI is InChI=1S/2C50H32N4/c1-3-12-33(13-4-1)34-24-28-39(29-25-34)49-52-48(38-15-5-2-6-16-38)53-50(54-49)41-18-11-17-40(32-41)35-22-26-37(27-23-35)47-46-42-19-8-7-14-36(42)30-31-44(46)43-20-9-10-21-45(43)51-47;1-3-10-33(11-4-1)34-20-24-40(25-21-34)49-52-48(39-13-5-2-6-14-39)53-50(54-49)42-16-9-15-41(32-42)35-18-22-37(23-19-35)46-31-28-38-27-29-44-43-17-8-7-12-36(43)26-30-45(44)47(38)51-46/h2*1-32H. The summed E-state index contributed by atoms with van der Waals surface area (Å²) < 4.78 is 0. The normalized spacial score (nSPS) is 11.3. The van der Waals surface area contributed by atoms with Crippen LogP contribution in [0.4, 0.5) is 0 Å². The predicted molar refractivity (Wildman–Crippen MR) is 446 cm³/mol. The number of fused-ring (bicyclic) bond motifs is 10. The Morgan fingerprint density at radius 3 is 0.981 bits per heavy atom. The summed E-state index contributed by atoms with van der Waals surface area (Å²) in [5.41, 5.74) is 20.7. The van der Waals surface area contributed by atoms with E-state index < -0.39 is 0 Å². The summed E-state index contributed by atoms with van der Waals surface area (Å²) in [6, 6.07) is 135. The number of para-hydroxylation sites is 1. The minimum atomic E-state index is 0.628. The third-order valence-electron chi connectivity index (χ3n) is 20.3. The zero-order valence-electron chi connectivity index (χ0n) is 58.5. The fraction of sp³-hybridized carbons (Fsp3) is 0. The van der Waals surface area contributed by atoms with Crippen molar-refractivity contribution in [3.05, 3.63) is 388 Å². The number of nitrogens with zero attached hydrogens (tertiary/aromatic N) is 8. The van der Waals surface area contributed by atoms with Crippen LogP contribution in [-0.2, 0) is 0 Å². The van der Waals surface area contributed by atoms with E-state index in [4.69, 9.17) is 39.9 Å². The van der Waals surface area contributed by atoms with Crippen LogP contribution < -0.4 is 0 Å². The first-order chi connectivity index (χ1) is 53.5. The fourth-order valence-electron chi connectivity index (χ4n) is 14.7. The van der Waals surface area contributed by atoms with Crippen LogP contribution in [0.25, 0.3) is 200 Å². The summed E-state index contributed by atoms with van der Waals surface area (Å²) in [5, 5.41) is 12.0. The first kappa shape index (κ1) is 64.3. The van der Waals surface area contributed by atoms with Crippen LogP contribution >= 0.6 is 0 Å². The van der Waals surface area contributed by atoms with Crippen molar-refractivity contribution in [1.29, 1.82) is 0 Å². The van der Waals surface area contributed by atoms with E-state index in [9.17, 15) is 0 Å². The lowest BCUT2D eigenvalue weighted by atomic mass is 9.94. The highest BCUT2D eigenvalue weighted by atomic mass is 15.0. The summed E-state index contributed by atoms with van der Waals surface area (Å²) >= 11 is 0. The van der Waals surface area contributed by atoms with Crippen molar-refractivity contribution in [3.63, 3.8) is 0 Å². The topological polar surface area (TPSA) is 103 Å². The number of rotatable bonds is 12. The molecule has 0 spiro atoms. The predicted octanol–water partition coefficient (Wildman–Crippen LogP) is 25.5. The molecule has 20 aromatic rings. The molecule has 0 unspecified atom stereocenters. The molecule has 4 aromatic heterocycles. The first-order valence-corrected chi connectivity index (χ1v) is 36.3. The van der Waals surface area contributed by atoms with Crippen LogP contribution in [0.2, 0.25) is 0 Å². The number of benzene rings is 16. The van der Waals surface area contributed by atoms with E-state index in [0.717, 1.165) is 111 Å². The molecule has 0 atom stereocenters. The highest BCUT2D eigenvalue weighted by molar-refractivity contribution is 6.21. The fourth-order valence-corrected chi connectivity index (χ4v) is 14.7. The van der Waals surface area contributed by atoms with Gasteiger partial charge in [-0.3, -0.25) is 0 Å². The minimum absolute atomic E-state index is 0.628. The third-order valence-corrected chi connectivity index (χ3v) is 20.3. The van der Waals surface area contributed by atoms with Gasteiger partial charge in [-0.05, 0) is 101 Å². The molecule has 16 aromatic carbocycles. The Bertz CT molecular complexity index is 6730. The molecule has 0 saturated carbocycles. The monoisotopic (exact) mass is 1380 g/mol. The van der Waals surface area contributed by atoms with Crippen molar-refractivity contribution in [2.75, 3.05) is 0 Å². The molecule has 8 heteroatoms. The van der Waals surface area contributed by atoms with E-state index in [1.807, 2.05) is 72.8 Å². The summed E-state index contributed by atoms with van der Waals surface area (Å²) in [6.45, 7) is 0. The van der Waals surface area contributed by atoms with Crippen molar-refractivity contribution in [2.24, 2.45) is 0 Å². The Hall–Kier alpha value is -14.6. The van der Waals surface area contributed by atoms with E-state index in [0.29, 0.717) is 34.9 Å². The molecule has 0 amide bonds. The van der Waals surface area contributed by atoms with Gasteiger partial charge in [-0.2, -0.15) is 0 Å². The summed E-state index contributed by atoms with van der Waals surface area (Å²) in [5.74, 6) is 3.81. The number of hydrogen-bond acceptors (Lipinski definition) is 8. The second-order valence-corrected chi connectivity index (χ2v) is 26.9. The van der Waals surface area contributed by atoms with Gasteiger partial charge in [0.1, 0.15) is 0 Å². The van der Waals surface area contributed by atoms with E-state index in [-0.39, 0.29) is 0 Å². The van der Waals surface area contributed by atoms with Crippen molar-refractivity contribution in [1.82, 2.24) is 39.9 Å². The molecule has 8 nitrogen and oxygen atoms in total. The highest BCUT2D eigenvalue weighted by Crippen LogP contribution is 2.40. The Morgan fingerprint density at radius 2 is 0.472 bits per heavy atom. The maximum atomic E-state index is 5.24. The molecule has 0 radical (unpaired) electrons. The molecule has 0 aliphatic carbocycles. The Labute approximate surface area is 624 Å². The molecule has 0 aliphatic heterocycles. The highest BCUT2D eigenvalue weighted by Gasteiger charge is 2.19. The van der Waals surface area contributed by atoms with Gasteiger partial charge in [0.05, 0.1) is 22.4 Å². The number of aromatic nitrogens is 8. The van der Waals surface area contributed by atoms with Crippen molar-refractivity contribution in [2.45, 2.75) is 0 Å².